The van der Waals surface area contributed by atoms with Gasteiger partial charge in [0.15, 0.2) is 12.4 Å². The van der Waals surface area contributed by atoms with Gasteiger partial charge in [-0.3, -0.25) is 9.59 Å². The van der Waals surface area contributed by atoms with E-state index in [0.717, 1.165) is 103 Å². The maximum absolute atomic E-state index is 13.5. The fourth-order valence-electron chi connectivity index (χ4n) is 9.93. The van der Waals surface area contributed by atoms with E-state index in [1.165, 1.54) is 135 Å². The number of esters is 1. The molecule has 0 spiro atoms. The first-order chi connectivity index (χ1) is 38.7. The predicted octanol–water partition coefficient (Wildman–Crippen LogP) is 16.0. The van der Waals surface area contributed by atoms with Crippen LogP contribution in [0, 0.1) is 0 Å². The van der Waals surface area contributed by atoms with Crippen LogP contribution in [0.1, 0.15) is 284 Å². The SMILES string of the molecule is CC/C=C/C/C=C/CCCCCCCCCC(=O)OC1C(OCC(NC(=O)C(O)CCCCCCCCCCCCC/C=C\C/C=C\C/C=C\CCCCC)C(O)/C=C/CCCCCCCCCCCC)OC(CO)C(O)C1O. The molecular formula is C68H121NO10. The lowest BCUT2D eigenvalue weighted by atomic mass is 9.99. The number of rotatable bonds is 55. The van der Waals surface area contributed by atoms with Gasteiger partial charge in [0.2, 0.25) is 5.91 Å². The van der Waals surface area contributed by atoms with Gasteiger partial charge >= 0.3 is 5.97 Å². The van der Waals surface area contributed by atoms with E-state index < -0.39 is 67.4 Å². The molecule has 0 aromatic heterocycles. The van der Waals surface area contributed by atoms with Gasteiger partial charge in [-0.1, -0.05) is 261 Å². The summed E-state index contributed by atoms with van der Waals surface area (Å²) < 4.78 is 17.6. The van der Waals surface area contributed by atoms with E-state index in [9.17, 15) is 35.1 Å². The van der Waals surface area contributed by atoms with Crippen molar-refractivity contribution in [3.63, 3.8) is 0 Å². The second-order valence-corrected chi connectivity index (χ2v) is 22.5. The minimum absolute atomic E-state index is 0.113. The Hall–Kier alpha value is -2.90. The molecule has 0 saturated carbocycles. The van der Waals surface area contributed by atoms with Gasteiger partial charge in [0.05, 0.1) is 25.4 Å². The van der Waals surface area contributed by atoms with Crippen molar-refractivity contribution in [1.29, 1.82) is 0 Å². The van der Waals surface area contributed by atoms with Crippen molar-refractivity contribution >= 4 is 11.9 Å². The molecular weight excluding hydrogens is 991 g/mol. The topological polar surface area (TPSA) is 175 Å². The highest BCUT2D eigenvalue weighted by atomic mass is 16.7. The number of unbranched alkanes of at least 4 members (excludes halogenated alkanes) is 31. The molecule has 1 fully saturated rings. The molecule has 8 atom stereocenters. The molecule has 1 rings (SSSR count). The number of ether oxygens (including phenoxy) is 3. The van der Waals surface area contributed by atoms with E-state index in [1.54, 1.807) is 6.08 Å². The third-order valence-electron chi connectivity index (χ3n) is 15.1. The molecule has 1 amide bonds. The summed E-state index contributed by atoms with van der Waals surface area (Å²) >= 11 is 0. The lowest BCUT2D eigenvalue weighted by Crippen LogP contribution is -2.61. The fraction of sp³-hybridized carbons (Fsp3) is 0.794. The van der Waals surface area contributed by atoms with Crippen LogP contribution >= 0.6 is 0 Å². The van der Waals surface area contributed by atoms with E-state index in [-0.39, 0.29) is 19.4 Å². The molecule has 1 saturated heterocycles. The van der Waals surface area contributed by atoms with E-state index in [2.05, 4.69) is 86.8 Å². The Balaban J connectivity index is 2.61. The van der Waals surface area contributed by atoms with Crippen molar-refractivity contribution in [1.82, 2.24) is 5.32 Å². The van der Waals surface area contributed by atoms with Crippen LogP contribution in [0.2, 0.25) is 0 Å². The van der Waals surface area contributed by atoms with Gasteiger partial charge in [-0.25, -0.2) is 0 Å². The van der Waals surface area contributed by atoms with Gasteiger partial charge < -0.3 is 45.1 Å². The minimum atomic E-state index is -1.62. The van der Waals surface area contributed by atoms with Crippen LogP contribution in [0.15, 0.2) is 72.9 Å². The zero-order valence-corrected chi connectivity index (χ0v) is 50.7. The molecule has 458 valence electrons. The van der Waals surface area contributed by atoms with E-state index in [1.807, 2.05) is 6.08 Å². The Bertz CT molecular complexity index is 1560. The Morgan fingerprint density at radius 3 is 1.39 bits per heavy atom. The highest BCUT2D eigenvalue weighted by Crippen LogP contribution is 2.26. The summed E-state index contributed by atoms with van der Waals surface area (Å²) in [5, 5.41) is 57.0. The second kappa shape index (κ2) is 55.6. The third kappa shape index (κ3) is 43.5. The lowest BCUT2D eigenvalue weighted by Gasteiger charge is -2.41. The predicted molar refractivity (Wildman–Crippen MR) is 329 cm³/mol. The highest BCUT2D eigenvalue weighted by Gasteiger charge is 2.47. The molecule has 1 heterocycles. The first-order valence-electron chi connectivity index (χ1n) is 32.7. The number of aliphatic hydroxyl groups is 5. The third-order valence-corrected chi connectivity index (χ3v) is 15.1. The average molecular weight is 1110 g/mol. The van der Waals surface area contributed by atoms with E-state index in [0.29, 0.717) is 12.8 Å². The average Bonchev–Trinajstić information content (AvgIpc) is 3.49. The quantitative estimate of drug-likeness (QED) is 0.0195. The van der Waals surface area contributed by atoms with Crippen LogP contribution < -0.4 is 5.32 Å². The minimum Gasteiger partial charge on any atom is -0.454 e. The molecule has 6 N–H and O–H groups in total. The number of amides is 1. The zero-order chi connectivity index (χ0) is 57.5. The van der Waals surface area contributed by atoms with Crippen LogP contribution in [0.3, 0.4) is 0 Å². The van der Waals surface area contributed by atoms with Gasteiger partial charge in [0, 0.05) is 6.42 Å². The van der Waals surface area contributed by atoms with E-state index in [4.69, 9.17) is 14.2 Å². The maximum atomic E-state index is 13.5. The van der Waals surface area contributed by atoms with E-state index >= 15 is 0 Å². The van der Waals surface area contributed by atoms with Crippen LogP contribution in [-0.2, 0) is 23.8 Å². The van der Waals surface area contributed by atoms with Crippen LogP contribution in [0.25, 0.3) is 0 Å². The van der Waals surface area contributed by atoms with Gasteiger partial charge in [0.25, 0.3) is 0 Å². The molecule has 8 unspecified atom stereocenters. The first kappa shape index (κ1) is 74.1. The summed E-state index contributed by atoms with van der Waals surface area (Å²) in [6.45, 7) is 5.66. The van der Waals surface area contributed by atoms with Crippen molar-refractivity contribution in [2.24, 2.45) is 0 Å². The number of hydrogen-bond donors (Lipinski definition) is 6. The second-order valence-electron chi connectivity index (χ2n) is 22.5. The van der Waals surface area contributed by atoms with Gasteiger partial charge in [-0.2, -0.15) is 0 Å². The van der Waals surface area contributed by atoms with Crippen molar-refractivity contribution in [3.8, 4) is 0 Å². The molecule has 11 nitrogen and oxygen atoms in total. The Kier molecular flexibility index (Phi) is 52.2. The van der Waals surface area contributed by atoms with Gasteiger partial charge in [0.1, 0.15) is 24.4 Å². The Morgan fingerprint density at radius 1 is 0.506 bits per heavy atom. The molecule has 1 aliphatic rings. The maximum Gasteiger partial charge on any atom is 0.306 e. The van der Waals surface area contributed by atoms with Gasteiger partial charge in [-0.05, 0) is 89.9 Å². The number of hydrogen-bond acceptors (Lipinski definition) is 10. The normalized spacial score (nSPS) is 19.3. The summed E-state index contributed by atoms with van der Waals surface area (Å²) in [7, 11) is 0. The molecule has 0 bridgehead atoms. The number of carbonyl (C=O) groups is 2. The zero-order valence-electron chi connectivity index (χ0n) is 50.7. The standard InChI is InChI=1S/C68H121NO10/c1-4-7-10-13-16-19-22-25-27-28-29-30-31-32-33-34-35-36-37-40-43-46-49-52-55-61(72)67(76)69-59(60(71)54-51-48-45-42-39-24-21-18-15-12-9-6-3)58-77-68-66(65(75)64(74)62(57-70)78-68)79-63(73)56-53-50-47-44-41-38-26-23-20-17-14-11-8-5-2/h8,11,16-17,19-20,25,27,29-30,51,54,59-62,64-66,68,70-72,74-75H,4-7,9-10,12-15,18,21-24,26,28,31-50,52-53,55-58H2,1-3H3,(H,69,76)/b11-8+,19-16-,20-17+,27-25-,30-29-,54-51+. The summed E-state index contributed by atoms with van der Waals surface area (Å²) in [6, 6.07) is -1.03. The Morgan fingerprint density at radius 2 is 0.911 bits per heavy atom. The summed E-state index contributed by atoms with van der Waals surface area (Å²) in [6.07, 6.45) is 60.8. The fourth-order valence-corrected chi connectivity index (χ4v) is 9.93. The molecule has 0 aromatic rings. The largest absolute Gasteiger partial charge is 0.454 e. The molecule has 11 heteroatoms. The smallest absolute Gasteiger partial charge is 0.306 e. The van der Waals surface area contributed by atoms with Crippen LogP contribution in [0.5, 0.6) is 0 Å². The first-order valence-corrected chi connectivity index (χ1v) is 32.7. The number of aliphatic hydroxyl groups excluding tert-OH is 5. The molecule has 0 aliphatic carbocycles. The molecule has 1 aliphatic heterocycles. The van der Waals surface area contributed by atoms with Crippen molar-refractivity contribution in [3.05, 3.63) is 72.9 Å². The summed E-state index contributed by atoms with van der Waals surface area (Å²) in [5.41, 5.74) is 0. The highest BCUT2D eigenvalue weighted by molar-refractivity contribution is 5.80. The van der Waals surface area contributed by atoms with Gasteiger partial charge in [-0.15, -0.1) is 0 Å². The summed E-state index contributed by atoms with van der Waals surface area (Å²) in [4.78, 5) is 26.6. The Labute approximate surface area is 483 Å². The molecule has 0 radical (unpaired) electrons. The van der Waals surface area contributed by atoms with Crippen molar-refractivity contribution < 1.29 is 49.3 Å². The number of carbonyl (C=O) groups excluding carboxylic acids is 2. The summed E-state index contributed by atoms with van der Waals surface area (Å²) in [5.74, 6) is -1.20. The monoisotopic (exact) mass is 1110 g/mol. The van der Waals surface area contributed by atoms with Crippen LogP contribution in [0.4, 0.5) is 0 Å². The number of allylic oxidation sites excluding steroid dienone is 11. The lowest BCUT2D eigenvalue weighted by molar-refractivity contribution is -0.305. The van der Waals surface area contributed by atoms with Crippen LogP contribution in [-0.4, -0.2) is 99.6 Å². The molecule has 79 heavy (non-hydrogen) atoms. The van der Waals surface area contributed by atoms with Crippen molar-refractivity contribution in [2.75, 3.05) is 13.2 Å². The molecule has 0 aromatic carbocycles. The van der Waals surface area contributed by atoms with Crippen molar-refractivity contribution in [2.45, 2.75) is 333 Å². The number of nitrogens with one attached hydrogen (secondary N) is 1.